The van der Waals surface area contributed by atoms with E-state index in [4.69, 9.17) is 5.73 Å². The first-order valence-corrected chi connectivity index (χ1v) is 4.56. The lowest BCUT2D eigenvalue weighted by Crippen LogP contribution is -2.11. The molecule has 0 fully saturated rings. The Bertz CT molecular complexity index is 273. The number of nitrogens with zero attached hydrogens (tertiary/aromatic N) is 1. The molecule has 4 heteroatoms. The fourth-order valence-electron chi connectivity index (χ4n) is 0.832. The maximum absolute atomic E-state index is 5.54. The van der Waals surface area contributed by atoms with Crippen LogP contribution in [0.1, 0.15) is 13.8 Å². The summed E-state index contributed by atoms with van der Waals surface area (Å²) in [5, 5.41) is 3.19. The fourth-order valence-corrected chi connectivity index (χ4v) is 1.31. The molecule has 0 aromatic carbocycles. The minimum Gasteiger partial charge on any atom is -0.397 e. The summed E-state index contributed by atoms with van der Waals surface area (Å²) in [6.45, 7) is 4.12. The van der Waals surface area contributed by atoms with Crippen molar-refractivity contribution in [3.63, 3.8) is 0 Å². The van der Waals surface area contributed by atoms with Crippen LogP contribution >= 0.6 is 15.9 Å². The maximum Gasteiger partial charge on any atom is 0.140 e. The molecule has 0 atom stereocenters. The molecule has 1 aromatic rings. The number of nitrogens with two attached hydrogens (primary N) is 1. The minimum atomic E-state index is 0.373. The summed E-state index contributed by atoms with van der Waals surface area (Å²) in [6, 6.07) is 2.20. The number of anilines is 2. The molecule has 0 spiro atoms. The third-order valence-electron chi connectivity index (χ3n) is 1.29. The largest absolute Gasteiger partial charge is 0.397 e. The van der Waals surface area contributed by atoms with E-state index in [0.717, 1.165) is 10.3 Å². The summed E-state index contributed by atoms with van der Waals surface area (Å²) in [6.07, 6.45) is 1.63. The molecule has 3 nitrogen and oxygen atoms in total. The Balaban J connectivity index is 2.86. The minimum absolute atomic E-state index is 0.373. The third-order valence-corrected chi connectivity index (χ3v) is 1.89. The molecular weight excluding hydrogens is 218 g/mol. The van der Waals surface area contributed by atoms with Gasteiger partial charge in [-0.2, -0.15) is 0 Å². The lowest BCUT2D eigenvalue weighted by atomic mass is 10.3. The molecule has 3 N–H and O–H groups in total. The quantitative estimate of drug-likeness (QED) is 0.819. The van der Waals surface area contributed by atoms with Crippen LogP contribution in [-0.2, 0) is 0 Å². The number of hydrogen-bond acceptors (Lipinski definition) is 3. The van der Waals surface area contributed by atoms with Gasteiger partial charge in [-0.3, -0.25) is 0 Å². The number of hydrogen-bond donors (Lipinski definition) is 2. The van der Waals surface area contributed by atoms with Crippen LogP contribution in [0.5, 0.6) is 0 Å². The van der Waals surface area contributed by atoms with Crippen LogP contribution < -0.4 is 11.1 Å². The van der Waals surface area contributed by atoms with Crippen molar-refractivity contribution in [3.05, 3.63) is 16.7 Å². The van der Waals surface area contributed by atoms with Crippen molar-refractivity contribution in [1.82, 2.24) is 4.98 Å². The number of aromatic nitrogens is 1. The van der Waals surface area contributed by atoms with Gasteiger partial charge >= 0.3 is 0 Å². The molecule has 1 aromatic heterocycles. The molecule has 0 unspecified atom stereocenters. The van der Waals surface area contributed by atoms with E-state index < -0.39 is 0 Å². The Labute approximate surface area is 80.5 Å². The molecule has 0 aliphatic heterocycles. The molecule has 0 saturated heterocycles. The first kappa shape index (κ1) is 9.32. The summed E-state index contributed by atoms with van der Waals surface area (Å²) in [7, 11) is 0. The highest BCUT2D eigenvalue weighted by Crippen LogP contribution is 2.21. The van der Waals surface area contributed by atoms with Crippen LogP contribution in [0.4, 0.5) is 11.5 Å². The molecule has 12 heavy (non-hydrogen) atoms. The Morgan fingerprint density at radius 2 is 2.25 bits per heavy atom. The smallest absolute Gasteiger partial charge is 0.140 e. The van der Waals surface area contributed by atoms with Gasteiger partial charge in [0.1, 0.15) is 5.82 Å². The molecule has 0 amide bonds. The van der Waals surface area contributed by atoms with E-state index in [0.29, 0.717) is 11.7 Å². The zero-order valence-electron chi connectivity index (χ0n) is 7.13. The number of nitrogens with one attached hydrogen (secondary N) is 1. The average molecular weight is 230 g/mol. The van der Waals surface area contributed by atoms with Gasteiger partial charge in [0.25, 0.3) is 0 Å². The van der Waals surface area contributed by atoms with Crippen LogP contribution in [0.25, 0.3) is 0 Å². The van der Waals surface area contributed by atoms with Gasteiger partial charge in [0.15, 0.2) is 0 Å². The van der Waals surface area contributed by atoms with Crippen molar-refractivity contribution in [2.45, 2.75) is 19.9 Å². The molecule has 0 aliphatic rings. The van der Waals surface area contributed by atoms with Gasteiger partial charge in [-0.1, -0.05) is 0 Å². The molecule has 0 aliphatic carbocycles. The zero-order valence-corrected chi connectivity index (χ0v) is 8.72. The summed E-state index contributed by atoms with van der Waals surface area (Å²) in [5.74, 6) is 0.833. The Morgan fingerprint density at radius 1 is 1.58 bits per heavy atom. The second kappa shape index (κ2) is 3.76. The molecule has 0 bridgehead atoms. The zero-order chi connectivity index (χ0) is 9.14. The van der Waals surface area contributed by atoms with Crippen molar-refractivity contribution < 1.29 is 0 Å². The van der Waals surface area contributed by atoms with Gasteiger partial charge < -0.3 is 11.1 Å². The lowest BCUT2D eigenvalue weighted by molar-refractivity contribution is 0.887. The van der Waals surface area contributed by atoms with Gasteiger partial charge in [-0.05, 0) is 35.8 Å². The van der Waals surface area contributed by atoms with Gasteiger partial charge in [-0.25, -0.2) is 4.98 Å². The van der Waals surface area contributed by atoms with Gasteiger partial charge in [-0.15, -0.1) is 0 Å². The highest BCUT2D eigenvalue weighted by atomic mass is 79.9. The molecule has 1 rings (SSSR count). The van der Waals surface area contributed by atoms with Crippen LogP contribution in [0.3, 0.4) is 0 Å². The Hall–Kier alpha value is -0.770. The topological polar surface area (TPSA) is 50.9 Å². The third kappa shape index (κ3) is 2.37. The predicted molar refractivity (Wildman–Crippen MR) is 55.1 cm³/mol. The van der Waals surface area contributed by atoms with E-state index in [-0.39, 0.29) is 0 Å². The summed E-state index contributed by atoms with van der Waals surface area (Å²) in [4.78, 5) is 4.13. The van der Waals surface area contributed by atoms with E-state index in [9.17, 15) is 0 Å². The van der Waals surface area contributed by atoms with E-state index in [1.54, 1.807) is 6.20 Å². The van der Waals surface area contributed by atoms with Gasteiger partial charge in [0, 0.05) is 6.04 Å². The Morgan fingerprint density at radius 3 is 2.75 bits per heavy atom. The molecule has 0 saturated carbocycles. The maximum atomic E-state index is 5.54. The second-order valence-corrected chi connectivity index (χ2v) is 3.75. The second-order valence-electron chi connectivity index (χ2n) is 2.90. The van der Waals surface area contributed by atoms with Gasteiger partial charge in [0.2, 0.25) is 0 Å². The van der Waals surface area contributed by atoms with Crippen LogP contribution in [0, 0.1) is 0 Å². The van der Waals surface area contributed by atoms with Crippen molar-refractivity contribution >= 4 is 27.4 Å². The van der Waals surface area contributed by atoms with Crippen molar-refractivity contribution in [1.29, 1.82) is 0 Å². The average Bonchev–Trinajstić information content (AvgIpc) is 1.94. The monoisotopic (exact) mass is 229 g/mol. The van der Waals surface area contributed by atoms with Crippen LogP contribution in [-0.4, -0.2) is 11.0 Å². The summed E-state index contributed by atoms with van der Waals surface area (Å²) < 4.78 is 0.899. The highest BCUT2D eigenvalue weighted by molar-refractivity contribution is 9.10. The predicted octanol–water partition coefficient (Wildman–Crippen LogP) is 2.25. The standard InChI is InChI=1S/C8H12BrN3/c1-5(2)12-8-7(9)3-6(10)4-11-8/h3-5H,10H2,1-2H3,(H,11,12). The number of nitrogen functional groups attached to an aromatic ring is 1. The van der Waals surface area contributed by atoms with E-state index in [2.05, 4.69) is 40.1 Å². The van der Waals surface area contributed by atoms with Gasteiger partial charge in [0.05, 0.1) is 16.4 Å². The molecular formula is C8H12BrN3. The van der Waals surface area contributed by atoms with Crippen molar-refractivity contribution in [2.24, 2.45) is 0 Å². The van der Waals surface area contributed by atoms with Crippen molar-refractivity contribution in [2.75, 3.05) is 11.1 Å². The molecule has 0 radical (unpaired) electrons. The fraction of sp³-hybridized carbons (Fsp3) is 0.375. The summed E-state index contributed by atoms with van der Waals surface area (Å²) >= 11 is 3.37. The molecule has 66 valence electrons. The number of pyridine rings is 1. The Kier molecular flexibility index (Phi) is 2.92. The van der Waals surface area contributed by atoms with E-state index in [1.807, 2.05) is 6.07 Å². The normalized spacial score (nSPS) is 10.3. The first-order valence-electron chi connectivity index (χ1n) is 3.77. The summed E-state index contributed by atoms with van der Waals surface area (Å²) in [5.41, 5.74) is 6.20. The number of halogens is 1. The number of rotatable bonds is 2. The lowest BCUT2D eigenvalue weighted by Gasteiger charge is -2.10. The van der Waals surface area contributed by atoms with Crippen LogP contribution in [0.15, 0.2) is 16.7 Å². The van der Waals surface area contributed by atoms with E-state index >= 15 is 0 Å². The molecule has 1 heterocycles. The highest BCUT2D eigenvalue weighted by Gasteiger charge is 2.01. The van der Waals surface area contributed by atoms with Crippen LogP contribution in [0.2, 0.25) is 0 Å². The first-order chi connectivity index (χ1) is 5.59. The van der Waals surface area contributed by atoms with E-state index in [1.165, 1.54) is 0 Å². The van der Waals surface area contributed by atoms with Crippen molar-refractivity contribution in [3.8, 4) is 0 Å². The SMILES string of the molecule is CC(C)Nc1ncc(N)cc1Br.